The highest BCUT2D eigenvalue weighted by atomic mass is 16.7. The molecule has 0 aliphatic heterocycles. The van der Waals surface area contributed by atoms with Crippen molar-refractivity contribution in [2.45, 2.75) is 51.2 Å². The first-order valence-electron chi connectivity index (χ1n) is 18.2. The van der Waals surface area contributed by atoms with Crippen LogP contribution in [0.15, 0.2) is 30.3 Å². The molecule has 2 fully saturated rings. The highest BCUT2D eigenvalue weighted by molar-refractivity contribution is 6.32. The third-order valence-corrected chi connectivity index (χ3v) is 10.8. The van der Waals surface area contributed by atoms with E-state index < -0.39 is 101 Å². The van der Waals surface area contributed by atoms with Gasteiger partial charge in [-0.1, -0.05) is 31.0 Å². The largest absolute Gasteiger partial charge is 0.505 e. The fourth-order valence-electron chi connectivity index (χ4n) is 8.09. The topological polar surface area (TPSA) is 243 Å². The number of unbranched alkanes of at least 4 members (excludes halogenated alkanes) is 1. The van der Waals surface area contributed by atoms with E-state index in [9.17, 15) is 48.6 Å². The lowest BCUT2D eigenvalue weighted by molar-refractivity contribution is -0.181. The molecule has 0 aromatic heterocycles. The van der Waals surface area contributed by atoms with Crippen molar-refractivity contribution in [1.29, 1.82) is 0 Å². The van der Waals surface area contributed by atoms with Crippen molar-refractivity contribution in [2.24, 2.45) is 29.4 Å². The number of ketones is 4. The number of amides is 3. The Morgan fingerprint density at radius 3 is 2.25 bits per heavy atom. The molecular weight excluding hydrogens is 730 g/mol. The van der Waals surface area contributed by atoms with Crippen molar-refractivity contribution in [3.8, 4) is 5.75 Å². The van der Waals surface area contributed by atoms with Gasteiger partial charge in [0.25, 0.3) is 0 Å². The summed E-state index contributed by atoms with van der Waals surface area (Å²) in [5, 5.41) is 26.0. The molecule has 5 rings (SSSR count). The van der Waals surface area contributed by atoms with Gasteiger partial charge in [-0.15, -0.1) is 0 Å². The molecule has 4 unspecified atom stereocenters. The number of nitrogens with two attached hydrogens (primary N) is 1. The summed E-state index contributed by atoms with van der Waals surface area (Å²) in [6.07, 6.45) is 0.101. The second kappa shape index (κ2) is 16.2. The molecule has 300 valence electrons. The molecule has 17 nitrogen and oxygen atoms in total. The zero-order chi connectivity index (χ0) is 41.4. The molecule has 0 spiro atoms. The highest BCUT2D eigenvalue weighted by Gasteiger charge is 2.69. The number of phenolic OH excluding ortho intramolecular Hbond substituents is 1. The summed E-state index contributed by atoms with van der Waals surface area (Å²) in [5.74, 6) is -13.7. The third-order valence-electron chi connectivity index (χ3n) is 10.8. The number of ether oxygens (including phenoxy) is 2. The first-order valence-corrected chi connectivity index (χ1v) is 18.2. The van der Waals surface area contributed by atoms with Crippen LogP contribution in [0.1, 0.15) is 58.0 Å². The Morgan fingerprint density at radius 1 is 1.00 bits per heavy atom. The van der Waals surface area contributed by atoms with Crippen LogP contribution in [0, 0.1) is 30.6 Å². The predicted octanol–water partition coefficient (Wildman–Crippen LogP) is 1.23. The molecule has 0 radical (unpaired) electrons. The van der Waals surface area contributed by atoms with E-state index in [1.54, 1.807) is 43.3 Å². The number of benzene rings is 2. The molecule has 2 aromatic rings. The van der Waals surface area contributed by atoms with Gasteiger partial charge in [0.1, 0.15) is 12.3 Å². The van der Waals surface area contributed by atoms with Crippen LogP contribution in [0.25, 0.3) is 0 Å². The Bertz CT molecular complexity index is 1980. The Labute approximate surface area is 323 Å². The molecule has 17 heteroatoms. The number of nitrogens with one attached hydrogen (secondary N) is 1. The molecule has 6 atom stereocenters. The van der Waals surface area contributed by atoms with Gasteiger partial charge in [0.2, 0.25) is 18.6 Å². The SMILES string of the molecule is CCCCN(CC(=O)Nc1cc(N(C)C)c2c(c1O)C(=O)C1C(=O)[C@]3(O)C(=O)C(C(N)=O)C(=O)[C@@H](N(C)C)C3CC1C2)C(=O)OCOC(=O)c1ccc(C)cc1. The number of aromatic hydroxyl groups is 1. The minimum absolute atomic E-state index is 0.0201. The summed E-state index contributed by atoms with van der Waals surface area (Å²) in [6, 6.07) is 6.78. The van der Waals surface area contributed by atoms with Gasteiger partial charge in [0.05, 0.1) is 28.8 Å². The van der Waals surface area contributed by atoms with Gasteiger partial charge in [0.15, 0.2) is 34.7 Å². The number of anilines is 2. The number of carbonyl (C=O) groups excluding carboxylic acids is 8. The highest BCUT2D eigenvalue weighted by Crippen LogP contribution is 2.52. The van der Waals surface area contributed by atoms with Crippen LogP contribution in [-0.4, -0.2) is 127 Å². The number of hydrogen-bond donors (Lipinski definition) is 4. The lowest BCUT2D eigenvalue weighted by Crippen LogP contribution is -2.74. The standard InChI is InChI=1S/C39H47N5O12/c1-7-8-13-44(38(53)56-18-55-37(52)20-11-9-19(2)10-12-20)17-26(45)41-24-16-25(42(3)4)22-14-21-15-23-30(43(5)6)33(48)29(36(40)51)35(50)39(23,54)34(49)27(21)32(47)28(22)31(24)46/h9-12,16,21,23,27,29-30,46,54H,7-8,13-15,17-18H2,1-6H3,(H2,40,51)(H,41,45)/t21?,23?,27?,29?,30-,39-/m0/s1. The number of aliphatic hydroxyl groups is 1. The van der Waals surface area contributed by atoms with Crippen LogP contribution in [0.4, 0.5) is 16.2 Å². The number of likely N-dealkylation sites (N-methyl/N-ethyl adjacent to an activating group) is 1. The van der Waals surface area contributed by atoms with E-state index in [2.05, 4.69) is 5.32 Å². The van der Waals surface area contributed by atoms with E-state index in [0.29, 0.717) is 24.1 Å². The summed E-state index contributed by atoms with van der Waals surface area (Å²) in [4.78, 5) is 111. The Kier molecular flexibility index (Phi) is 12.0. The van der Waals surface area contributed by atoms with Crippen LogP contribution < -0.4 is 16.0 Å². The number of hydrogen-bond acceptors (Lipinski definition) is 14. The van der Waals surface area contributed by atoms with E-state index in [0.717, 1.165) is 10.5 Å². The molecule has 3 amide bonds. The molecule has 3 aliphatic rings. The van der Waals surface area contributed by atoms with Gasteiger partial charge in [-0.05, 0) is 70.0 Å². The summed E-state index contributed by atoms with van der Waals surface area (Å²) >= 11 is 0. The first-order chi connectivity index (χ1) is 26.3. The number of nitrogens with zero attached hydrogens (tertiary/aromatic N) is 3. The monoisotopic (exact) mass is 777 g/mol. The van der Waals surface area contributed by atoms with Gasteiger partial charge in [0, 0.05) is 32.2 Å². The van der Waals surface area contributed by atoms with Crippen molar-refractivity contribution in [2.75, 3.05) is 58.3 Å². The number of fused-ring (bicyclic) bond motifs is 3. The molecule has 0 bridgehead atoms. The lowest BCUT2D eigenvalue weighted by atomic mass is 9.52. The molecule has 2 aromatic carbocycles. The van der Waals surface area contributed by atoms with Crippen molar-refractivity contribution in [3.05, 3.63) is 52.6 Å². The fraction of sp³-hybridized carbons (Fsp3) is 0.487. The molecule has 5 N–H and O–H groups in total. The number of carbonyl (C=O) groups is 8. The van der Waals surface area contributed by atoms with Crippen molar-refractivity contribution in [1.82, 2.24) is 9.80 Å². The first kappa shape index (κ1) is 41.5. The van der Waals surface area contributed by atoms with Crippen molar-refractivity contribution >= 4 is 58.4 Å². The number of aryl methyl sites for hydroxylation is 1. The molecule has 56 heavy (non-hydrogen) atoms. The normalized spacial score (nSPS) is 24.1. The van der Waals surface area contributed by atoms with Gasteiger partial charge in [-0.25, -0.2) is 9.59 Å². The Hall–Kier alpha value is -5.68. The average molecular weight is 778 g/mol. The smallest absolute Gasteiger partial charge is 0.413 e. The number of Topliss-reactive ketones (excluding diaryl/α,β-unsaturated/α-hetero) is 4. The van der Waals surface area contributed by atoms with Crippen LogP contribution >= 0.6 is 0 Å². The zero-order valence-electron chi connectivity index (χ0n) is 32.1. The van der Waals surface area contributed by atoms with Crippen molar-refractivity contribution < 1.29 is 58.0 Å². The van der Waals surface area contributed by atoms with Crippen LogP contribution in [0.2, 0.25) is 0 Å². The number of rotatable bonds is 12. The fourth-order valence-corrected chi connectivity index (χ4v) is 8.09. The van der Waals surface area contributed by atoms with E-state index in [1.807, 2.05) is 13.8 Å². The number of esters is 1. The molecule has 0 saturated heterocycles. The van der Waals surface area contributed by atoms with Crippen LogP contribution in [0.5, 0.6) is 5.75 Å². The summed E-state index contributed by atoms with van der Waals surface area (Å²) in [5.41, 5.74) is 3.91. The van der Waals surface area contributed by atoms with Crippen molar-refractivity contribution in [3.63, 3.8) is 0 Å². The van der Waals surface area contributed by atoms with Gasteiger partial charge < -0.3 is 35.6 Å². The van der Waals surface area contributed by atoms with E-state index in [1.165, 1.54) is 25.1 Å². The van der Waals surface area contributed by atoms with Crippen LogP contribution in [0.3, 0.4) is 0 Å². The molecule has 0 heterocycles. The van der Waals surface area contributed by atoms with E-state index in [-0.39, 0.29) is 36.2 Å². The maximum atomic E-state index is 14.3. The zero-order valence-corrected chi connectivity index (χ0v) is 32.1. The minimum atomic E-state index is -2.89. The summed E-state index contributed by atoms with van der Waals surface area (Å²) in [7, 11) is 6.34. The average Bonchev–Trinajstić information content (AvgIpc) is 3.12. The second-order valence-electron chi connectivity index (χ2n) is 15.0. The second-order valence-corrected chi connectivity index (χ2v) is 15.0. The minimum Gasteiger partial charge on any atom is -0.505 e. The van der Waals surface area contributed by atoms with Gasteiger partial charge >= 0.3 is 12.1 Å². The van der Waals surface area contributed by atoms with Gasteiger partial charge in [-0.2, -0.15) is 0 Å². The Balaban J connectivity index is 1.39. The molecular formula is C39H47N5O12. The molecule has 2 saturated carbocycles. The maximum Gasteiger partial charge on any atom is 0.413 e. The van der Waals surface area contributed by atoms with E-state index in [4.69, 9.17) is 15.2 Å². The lowest BCUT2D eigenvalue weighted by Gasteiger charge is -2.52. The number of primary amides is 1. The summed E-state index contributed by atoms with van der Waals surface area (Å²) in [6.45, 7) is 2.55. The maximum absolute atomic E-state index is 14.3. The Morgan fingerprint density at radius 2 is 1.66 bits per heavy atom. The molecule has 3 aliphatic carbocycles. The summed E-state index contributed by atoms with van der Waals surface area (Å²) < 4.78 is 10.2. The number of phenols is 1. The predicted molar refractivity (Wildman–Crippen MR) is 199 cm³/mol. The van der Waals surface area contributed by atoms with Crippen LogP contribution in [-0.2, 0) is 39.9 Å². The quantitative estimate of drug-likeness (QED) is 0.103. The third kappa shape index (κ3) is 7.47. The van der Waals surface area contributed by atoms with E-state index >= 15 is 0 Å². The van der Waals surface area contributed by atoms with Gasteiger partial charge in [-0.3, -0.25) is 38.6 Å².